The Morgan fingerprint density at radius 1 is 1.32 bits per heavy atom. The number of aromatic nitrogens is 1. The molecule has 0 saturated carbocycles. The van der Waals surface area contributed by atoms with Crippen LogP contribution in [0.1, 0.15) is 5.56 Å². The zero-order valence-corrected chi connectivity index (χ0v) is 11.2. The zero-order valence-electron chi connectivity index (χ0n) is 11.2. The molecule has 0 aliphatic heterocycles. The fraction of sp³-hybridized carbons (Fsp3) is 0. The number of carbonyl (C=O) groups excluding carboxylic acids is 1. The molecule has 2 rings (SSSR count). The van der Waals surface area contributed by atoms with Gasteiger partial charge in [-0.15, -0.1) is 0 Å². The summed E-state index contributed by atoms with van der Waals surface area (Å²) in [6.45, 7) is 0. The van der Waals surface area contributed by atoms with Crippen LogP contribution in [0.2, 0.25) is 0 Å². The van der Waals surface area contributed by atoms with E-state index in [1.165, 1.54) is 18.3 Å². The summed E-state index contributed by atoms with van der Waals surface area (Å²) in [7, 11) is 0. The Bertz CT molecular complexity index is 697. The largest absolute Gasteiger partial charge is 0.439 e. The number of carbonyl (C=O) groups is 1. The number of urea groups is 1. The normalized spacial score (nSPS) is 10.4. The van der Waals surface area contributed by atoms with E-state index in [0.29, 0.717) is 5.75 Å². The SMILES string of the molecule is NC(=O)N/N=C/c1ccc(Oc2ccc([N+](=O)[O-])cn2)cc1. The van der Waals surface area contributed by atoms with Crippen LogP contribution in [0.5, 0.6) is 11.6 Å². The van der Waals surface area contributed by atoms with E-state index in [-0.39, 0.29) is 11.6 Å². The van der Waals surface area contributed by atoms with Gasteiger partial charge in [-0.05, 0) is 29.8 Å². The molecule has 9 heteroatoms. The lowest BCUT2D eigenvalue weighted by molar-refractivity contribution is -0.385. The van der Waals surface area contributed by atoms with Crippen LogP contribution in [0.3, 0.4) is 0 Å². The van der Waals surface area contributed by atoms with E-state index in [1.54, 1.807) is 24.3 Å². The standard InChI is InChI=1S/C13H11N5O4/c14-13(19)17-16-7-9-1-4-11(5-2-9)22-12-6-3-10(8-15-12)18(20)21/h1-8H,(H3,14,17,19)/b16-7+. The lowest BCUT2D eigenvalue weighted by Crippen LogP contribution is -2.24. The highest BCUT2D eigenvalue weighted by molar-refractivity contribution is 5.81. The molecule has 0 unspecified atom stereocenters. The van der Waals surface area contributed by atoms with E-state index < -0.39 is 11.0 Å². The zero-order chi connectivity index (χ0) is 15.9. The van der Waals surface area contributed by atoms with Crippen LogP contribution in [0.4, 0.5) is 10.5 Å². The Morgan fingerprint density at radius 3 is 2.59 bits per heavy atom. The minimum Gasteiger partial charge on any atom is -0.439 e. The van der Waals surface area contributed by atoms with E-state index in [1.807, 2.05) is 0 Å². The molecule has 0 saturated heterocycles. The van der Waals surface area contributed by atoms with Crippen molar-refractivity contribution in [3.05, 3.63) is 58.3 Å². The number of nitrogens with one attached hydrogen (secondary N) is 1. The molecule has 2 aromatic rings. The van der Waals surface area contributed by atoms with Crippen LogP contribution in [0, 0.1) is 10.1 Å². The summed E-state index contributed by atoms with van der Waals surface area (Å²) in [5.41, 5.74) is 7.55. The van der Waals surface area contributed by atoms with E-state index in [9.17, 15) is 14.9 Å². The molecule has 0 fully saturated rings. The number of pyridine rings is 1. The van der Waals surface area contributed by atoms with Crippen molar-refractivity contribution in [3.8, 4) is 11.6 Å². The van der Waals surface area contributed by atoms with E-state index in [2.05, 4.69) is 15.5 Å². The molecule has 1 aromatic heterocycles. The third-order valence-electron chi connectivity index (χ3n) is 2.42. The minimum atomic E-state index is -0.750. The van der Waals surface area contributed by atoms with Crippen molar-refractivity contribution < 1.29 is 14.5 Å². The number of hydrogen-bond acceptors (Lipinski definition) is 6. The predicted molar refractivity (Wildman–Crippen MR) is 77.7 cm³/mol. The Morgan fingerprint density at radius 2 is 2.05 bits per heavy atom. The summed E-state index contributed by atoms with van der Waals surface area (Å²) < 4.78 is 5.44. The van der Waals surface area contributed by atoms with Crippen LogP contribution in [0.25, 0.3) is 0 Å². The highest BCUT2D eigenvalue weighted by atomic mass is 16.6. The first-order chi connectivity index (χ1) is 10.5. The molecule has 22 heavy (non-hydrogen) atoms. The van der Waals surface area contributed by atoms with Crippen molar-refractivity contribution in [3.63, 3.8) is 0 Å². The van der Waals surface area contributed by atoms with Crippen molar-refractivity contribution in [2.75, 3.05) is 0 Å². The molecular formula is C13H11N5O4. The van der Waals surface area contributed by atoms with Crippen molar-refractivity contribution in [1.29, 1.82) is 0 Å². The smallest absolute Gasteiger partial charge is 0.332 e. The number of nitrogens with two attached hydrogens (primary N) is 1. The molecule has 3 N–H and O–H groups in total. The Kier molecular flexibility index (Phi) is 4.60. The van der Waals surface area contributed by atoms with Gasteiger partial charge in [-0.3, -0.25) is 10.1 Å². The number of amides is 2. The Hall–Kier alpha value is -3.49. The summed E-state index contributed by atoms with van der Waals surface area (Å²) >= 11 is 0. The molecular weight excluding hydrogens is 290 g/mol. The second kappa shape index (κ2) is 6.79. The summed E-state index contributed by atoms with van der Waals surface area (Å²) in [5, 5.41) is 14.1. The molecule has 9 nitrogen and oxygen atoms in total. The van der Waals surface area contributed by atoms with E-state index >= 15 is 0 Å². The topological polar surface area (TPSA) is 133 Å². The summed E-state index contributed by atoms with van der Waals surface area (Å²) in [6.07, 6.45) is 2.53. The molecule has 0 radical (unpaired) electrons. The first-order valence-electron chi connectivity index (χ1n) is 6.01. The average molecular weight is 301 g/mol. The van der Waals surface area contributed by atoms with Gasteiger partial charge in [0.2, 0.25) is 5.88 Å². The maximum Gasteiger partial charge on any atom is 0.332 e. The van der Waals surface area contributed by atoms with E-state index in [0.717, 1.165) is 11.8 Å². The first kappa shape index (κ1) is 14.9. The number of hydrogen-bond donors (Lipinski definition) is 2. The van der Waals surface area contributed by atoms with Gasteiger partial charge >= 0.3 is 6.03 Å². The van der Waals surface area contributed by atoms with Gasteiger partial charge in [-0.2, -0.15) is 5.10 Å². The molecule has 0 spiro atoms. The maximum atomic E-state index is 10.5. The maximum absolute atomic E-state index is 10.5. The molecule has 0 bridgehead atoms. The van der Waals surface area contributed by atoms with E-state index in [4.69, 9.17) is 10.5 Å². The molecule has 2 amide bonds. The van der Waals surface area contributed by atoms with Gasteiger partial charge in [0, 0.05) is 12.1 Å². The second-order valence-electron chi connectivity index (χ2n) is 4.02. The third kappa shape index (κ3) is 4.27. The number of primary amides is 1. The van der Waals surface area contributed by atoms with Crippen molar-refractivity contribution >= 4 is 17.9 Å². The van der Waals surface area contributed by atoms with Crippen LogP contribution in [0.15, 0.2) is 47.7 Å². The lowest BCUT2D eigenvalue weighted by atomic mass is 10.2. The third-order valence-corrected chi connectivity index (χ3v) is 2.42. The van der Waals surface area contributed by atoms with Crippen LogP contribution < -0.4 is 15.9 Å². The summed E-state index contributed by atoms with van der Waals surface area (Å²) in [4.78, 5) is 24.3. The molecule has 0 aliphatic rings. The van der Waals surface area contributed by atoms with Gasteiger partial charge < -0.3 is 10.5 Å². The number of ether oxygens (including phenoxy) is 1. The van der Waals surface area contributed by atoms with Crippen molar-refractivity contribution in [2.24, 2.45) is 10.8 Å². The number of rotatable bonds is 5. The van der Waals surface area contributed by atoms with Crippen LogP contribution in [-0.4, -0.2) is 22.2 Å². The highest BCUT2D eigenvalue weighted by Crippen LogP contribution is 2.21. The van der Waals surface area contributed by atoms with Gasteiger partial charge in [-0.1, -0.05) is 0 Å². The summed E-state index contributed by atoms with van der Waals surface area (Å²) in [5.74, 6) is 0.740. The fourth-order valence-electron chi connectivity index (χ4n) is 1.45. The monoisotopic (exact) mass is 301 g/mol. The molecule has 112 valence electrons. The van der Waals surface area contributed by atoms with Gasteiger partial charge in [0.1, 0.15) is 11.9 Å². The molecule has 0 aliphatic carbocycles. The summed E-state index contributed by atoms with van der Waals surface area (Å²) in [6, 6.07) is 8.69. The fourth-order valence-corrected chi connectivity index (χ4v) is 1.45. The molecule has 0 atom stereocenters. The minimum absolute atomic E-state index is 0.110. The Balaban J connectivity index is 2.00. The van der Waals surface area contributed by atoms with Gasteiger partial charge in [-0.25, -0.2) is 15.2 Å². The number of hydrazone groups is 1. The number of nitrogens with zero attached hydrogens (tertiary/aromatic N) is 3. The predicted octanol–water partition coefficient (Wildman–Crippen LogP) is 1.78. The van der Waals surface area contributed by atoms with Gasteiger partial charge in [0.05, 0.1) is 11.1 Å². The van der Waals surface area contributed by atoms with Crippen LogP contribution >= 0.6 is 0 Å². The van der Waals surface area contributed by atoms with Gasteiger partial charge in [0.15, 0.2) is 0 Å². The first-order valence-corrected chi connectivity index (χ1v) is 6.01. The lowest BCUT2D eigenvalue weighted by Gasteiger charge is -2.04. The number of nitro groups is 1. The van der Waals surface area contributed by atoms with Crippen molar-refractivity contribution in [2.45, 2.75) is 0 Å². The molecule has 1 aromatic carbocycles. The quantitative estimate of drug-likeness (QED) is 0.493. The van der Waals surface area contributed by atoms with Crippen LogP contribution in [-0.2, 0) is 0 Å². The second-order valence-corrected chi connectivity index (χ2v) is 4.02. The highest BCUT2D eigenvalue weighted by Gasteiger charge is 2.06. The molecule has 1 heterocycles. The Labute approximate surface area is 124 Å². The average Bonchev–Trinajstić information content (AvgIpc) is 2.49. The van der Waals surface area contributed by atoms with Crippen molar-refractivity contribution in [1.82, 2.24) is 10.4 Å². The van der Waals surface area contributed by atoms with Gasteiger partial charge in [0.25, 0.3) is 5.69 Å². The number of benzene rings is 1.